The number of hydrogen-bond acceptors (Lipinski definition) is 3. The molecule has 0 unspecified atom stereocenters. The second-order valence-electron chi connectivity index (χ2n) is 6.18. The van der Waals surface area contributed by atoms with Gasteiger partial charge >= 0.3 is 0 Å². The van der Waals surface area contributed by atoms with Crippen molar-refractivity contribution in [1.29, 1.82) is 0 Å². The Morgan fingerprint density at radius 1 is 1.33 bits per heavy atom. The van der Waals surface area contributed by atoms with Crippen molar-refractivity contribution in [2.24, 2.45) is 5.92 Å². The molecule has 0 aromatic carbocycles. The minimum absolute atomic E-state index is 0.156. The van der Waals surface area contributed by atoms with Crippen molar-refractivity contribution in [2.75, 3.05) is 13.7 Å². The maximum Gasteiger partial charge on any atom is 0.110 e. The highest BCUT2D eigenvalue weighted by Gasteiger charge is 2.35. The fraction of sp³-hybridized carbons (Fsp3) is 0.667. The molecule has 21 heavy (non-hydrogen) atoms. The Hall–Kier alpha value is -0.900. The van der Waals surface area contributed by atoms with Crippen LogP contribution < -0.4 is 0 Å². The molecule has 0 amide bonds. The maximum absolute atomic E-state index is 10.2. The van der Waals surface area contributed by atoms with E-state index in [0.29, 0.717) is 6.61 Å². The molecule has 1 N–H and O–H groups in total. The standard InChI is InChI=1S/C18H30O3/c1-13(2)8-6-9-14(3)10-7-11-16-17(19)18(20-5)15(4)12-21-16/h7-8,10-11,15-19H,6,9,12H2,1-5H3/b11-7-,14-10+/t15-,16-,17-,18-/m0/s1. The van der Waals surface area contributed by atoms with Crippen molar-refractivity contribution in [3.05, 3.63) is 35.5 Å². The van der Waals surface area contributed by atoms with Crippen molar-refractivity contribution in [1.82, 2.24) is 0 Å². The largest absolute Gasteiger partial charge is 0.387 e. The summed E-state index contributed by atoms with van der Waals surface area (Å²) >= 11 is 0. The van der Waals surface area contributed by atoms with Gasteiger partial charge in [0.1, 0.15) is 12.2 Å². The molecule has 3 heteroatoms. The van der Waals surface area contributed by atoms with Crippen LogP contribution in [0.15, 0.2) is 35.5 Å². The Kier molecular flexibility index (Phi) is 7.94. The van der Waals surface area contributed by atoms with Crippen molar-refractivity contribution in [3.63, 3.8) is 0 Å². The quantitative estimate of drug-likeness (QED) is 0.600. The van der Waals surface area contributed by atoms with Crippen LogP contribution in [-0.4, -0.2) is 37.1 Å². The van der Waals surface area contributed by atoms with Crippen molar-refractivity contribution in [3.8, 4) is 0 Å². The second-order valence-corrected chi connectivity index (χ2v) is 6.18. The molecule has 0 radical (unpaired) electrons. The van der Waals surface area contributed by atoms with Crippen LogP contribution in [0.25, 0.3) is 0 Å². The maximum atomic E-state index is 10.2. The number of hydrogen-bond donors (Lipinski definition) is 1. The third-order valence-corrected chi connectivity index (χ3v) is 3.83. The van der Waals surface area contributed by atoms with E-state index in [1.807, 2.05) is 19.1 Å². The van der Waals surface area contributed by atoms with Gasteiger partial charge in [0.05, 0.1) is 12.7 Å². The summed E-state index contributed by atoms with van der Waals surface area (Å²) in [5.74, 6) is 0.219. The van der Waals surface area contributed by atoms with Gasteiger partial charge in [0.25, 0.3) is 0 Å². The first kappa shape index (κ1) is 18.1. The van der Waals surface area contributed by atoms with E-state index in [4.69, 9.17) is 9.47 Å². The molecule has 0 saturated carbocycles. The molecule has 4 atom stereocenters. The Balaban J connectivity index is 2.50. The predicted octanol–water partition coefficient (Wildman–Crippen LogP) is 3.65. The van der Waals surface area contributed by atoms with Crippen molar-refractivity contribution in [2.45, 2.75) is 58.8 Å². The van der Waals surface area contributed by atoms with Crippen LogP contribution in [-0.2, 0) is 9.47 Å². The fourth-order valence-corrected chi connectivity index (χ4v) is 2.52. The molecule has 1 aliphatic heterocycles. The summed E-state index contributed by atoms with van der Waals surface area (Å²) in [5, 5.41) is 10.2. The molecule has 0 bridgehead atoms. The smallest absolute Gasteiger partial charge is 0.110 e. The summed E-state index contributed by atoms with van der Waals surface area (Å²) in [6.45, 7) is 9.02. The molecular formula is C18H30O3. The minimum atomic E-state index is -0.602. The molecule has 120 valence electrons. The van der Waals surface area contributed by atoms with Crippen LogP contribution in [0.2, 0.25) is 0 Å². The summed E-state index contributed by atoms with van der Waals surface area (Å²) in [6.07, 6.45) is 9.33. The van der Waals surface area contributed by atoms with Crippen LogP contribution in [0.4, 0.5) is 0 Å². The summed E-state index contributed by atoms with van der Waals surface area (Å²) in [6, 6.07) is 0. The third-order valence-electron chi connectivity index (χ3n) is 3.83. The summed E-state index contributed by atoms with van der Waals surface area (Å²) in [5.41, 5.74) is 2.68. The molecular weight excluding hydrogens is 264 g/mol. The van der Waals surface area contributed by atoms with E-state index in [-0.39, 0.29) is 18.1 Å². The zero-order valence-corrected chi connectivity index (χ0v) is 14.0. The van der Waals surface area contributed by atoms with Gasteiger partial charge in [-0.2, -0.15) is 0 Å². The highest BCUT2D eigenvalue weighted by Crippen LogP contribution is 2.23. The fourth-order valence-electron chi connectivity index (χ4n) is 2.52. The zero-order valence-electron chi connectivity index (χ0n) is 14.0. The van der Waals surface area contributed by atoms with Gasteiger partial charge in [0.2, 0.25) is 0 Å². The monoisotopic (exact) mass is 294 g/mol. The number of ether oxygens (including phenoxy) is 2. The first-order valence-electron chi connectivity index (χ1n) is 7.75. The van der Waals surface area contributed by atoms with Crippen LogP contribution in [0, 0.1) is 5.92 Å². The summed E-state index contributed by atoms with van der Waals surface area (Å²) in [4.78, 5) is 0. The van der Waals surface area contributed by atoms with Gasteiger partial charge in [0.15, 0.2) is 0 Å². The number of rotatable bonds is 6. The normalized spacial score (nSPS) is 30.7. The summed E-state index contributed by atoms with van der Waals surface area (Å²) in [7, 11) is 1.64. The van der Waals surface area contributed by atoms with Gasteiger partial charge in [-0.3, -0.25) is 0 Å². The van der Waals surface area contributed by atoms with E-state index in [1.54, 1.807) is 7.11 Å². The van der Waals surface area contributed by atoms with Gasteiger partial charge in [-0.25, -0.2) is 0 Å². The Bertz CT molecular complexity index is 391. The van der Waals surface area contributed by atoms with E-state index in [9.17, 15) is 5.11 Å². The van der Waals surface area contributed by atoms with E-state index in [2.05, 4.69) is 32.9 Å². The third kappa shape index (κ3) is 6.16. The van der Waals surface area contributed by atoms with Crippen LogP contribution in [0.3, 0.4) is 0 Å². The second kappa shape index (κ2) is 9.19. The van der Waals surface area contributed by atoms with E-state index in [1.165, 1.54) is 11.1 Å². The van der Waals surface area contributed by atoms with E-state index in [0.717, 1.165) is 12.8 Å². The van der Waals surface area contributed by atoms with Gasteiger partial charge in [-0.05, 0) is 33.6 Å². The van der Waals surface area contributed by atoms with Crippen LogP contribution in [0.1, 0.15) is 40.5 Å². The van der Waals surface area contributed by atoms with Crippen LogP contribution in [0.5, 0.6) is 0 Å². The molecule has 1 aliphatic rings. The first-order valence-corrected chi connectivity index (χ1v) is 7.75. The molecule has 0 aromatic rings. The SMILES string of the molecule is CO[C@@H]1[C@@H](O)[C@H](/C=C\C=C(/C)CCC=C(C)C)OC[C@@H]1C. The summed E-state index contributed by atoms with van der Waals surface area (Å²) < 4.78 is 11.0. The van der Waals surface area contributed by atoms with Gasteiger partial charge in [-0.1, -0.05) is 42.4 Å². The van der Waals surface area contributed by atoms with Gasteiger partial charge < -0.3 is 14.6 Å². The van der Waals surface area contributed by atoms with E-state index < -0.39 is 6.10 Å². The number of aliphatic hydroxyl groups is 1. The van der Waals surface area contributed by atoms with Crippen LogP contribution >= 0.6 is 0 Å². The Morgan fingerprint density at radius 3 is 2.67 bits per heavy atom. The zero-order chi connectivity index (χ0) is 15.8. The first-order chi connectivity index (χ1) is 9.95. The van der Waals surface area contributed by atoms with Crippen molar-refractivity contribution < 1.29 is 14.6 Å². The molecule has 1 fully saturated rings. The van der Waals surface area contributed by atoms with Crippen molar-refractivity contribution >= 4 is 0 Å². The van der Waals surface area contributed by atoms with E-state index >= 15 is 0 Å². The highest BCUT2D eigenvalue weighted by atomic mass is 16.5. The molecule has 0 aliphatic carbocycles. The Morgan fingerprint density at radius 2 is 2.05 bits per heavy atom. The minimum Gasteiger partial charge on any atom is -0.387 e. The lowest BCUT2D eigenvalue weighted by molar-refractivity contribution is -0.155. The number of methoxy groups -OCH3 is 1. The van der Waals surface area contributed by atoms with Gasteiger partial charge in [0, 0.05) is 13.0 Å². The number of allylic oxidation sites excluding steroid dienone is 5. The average molecular weight is 294 g/mol. The predicted molar refractivity (Wildman–Crippen MR) is 87.3 cm³/mol. The molecule has 1 heterocycles. The topological polar surface area (TPSA) is 38.7 Å². The highest BCUT2D eigenvalue weighted by molar-refractivity contribution is 5.14. The molecule has 1 saturated heterocycles. The lowest BCUT2D eigenvalue weighted by Crippen LogP contribution is -2.49. The average Bonchev–Trinajstić information content (AvgIpc) is 2.41. The molecule has 0 aromatic heterocycles. The Labute approximate surface area is 129 Å². The molecule has 1 rings (SSSR count). The molecule has 0 spiro atoms. The van der Waals surface area contributed by atoms with Gasteiger partial charge in [-0.15, -0.1) is 0 Å². The lowest BCUT2D eigenvalue weighted by atomic mass is 9.93. The number of aliphatic hydroxyl groups excluding tert-OH is 1. The lowest BCUT2D eigenvalue weighted by Gasteiger charge is -2.36. The molecule has 3 nitrogen and oxygen atoms in total.